The molecule has 0 saturated carbocycles. The predicted octanol–water partition coefficient (Wildman–Crippen LogP) is 1.37. The number of hydrogen-bond acceptors (Lipinski definition) is 2. The summed E-state index contributed by atoms with van der Waals surface area (Å²) in [6.07, 6.45) is 0.917. The molecular weight excluding hydrogens is 102 g/mol. The maximum absolute atomic E-state index is 9.50. The van der Waals surface area contributed by atoms with E-state index in [1.807, 2.05) is 13.8 Å². The van der Waals surface area contributed by atoms with Crippen LogP contribution >= 0.6 is 0 Å². The smallest absolute Gasteiger partial charge is 0.122 e. The Hall–Kier alpha value is -0.840. The second-order valence-corrected chi connectivity index (χ2v) is 1.60. The molecule has 2 nitrogen and oxygen atoms in total. The third kappa shape index (κ3) is 66.4. The summed E-state index contributed by atoms with van der Waals surface area (Å²) >= 11 is 0. The minimum atomic E-state index is 0.204. The standard InChI is InChI=1S/C4H8O.C2H3N/c1-4(2)3-5;1-2-3/h3-4H,1-2H3;1H3. The highest BCUT2D eigenvalue weighted by molar-refractivity contribution is 5.51. The summed E-state index contributed by atoms with van der Waals surface area (Å²) in [5.74, 6) is 0.204. The van der Waals surface area contributed by atoms with Crippen molar-refractivity contribution in [1.82, 2.24) is 0 Å². The molecule has 46 valence electrons. The van der Waals surface area contributed by atoms with E-state index in [2.05, 4.69) is 0 Å². The molecular formula is C6H11NO. The van der Waals surface area contributed by atoms with Crippen LogP contribution in [0.1, 0.15) is 20.8 Å². The molecule has 0 N–H and O–H groups in total. The number of carbonyl (C=O) groups excluding carboxylic acids is 1. The van der Waals surface area contributed by atoms with Gasteiger partial charge < -0.3 is 4.79 Å². The fourth-order valence-electron chi connectivity index (χ4n) is 0. The summed E-state index contributed by atoms with van der Waals surface area (Å²) in [7, 11) is 0. The molecule has 0 aliphatic rings. The van der Waals surface area contributed by atoms with Gasteiger partial charge >= 0.3 is 0 Å². The molecule has 0 aromatic carbocycles. The number of rotatable bonds is 1. The number of carbonyl (C=O) groups is 1. The molecule has 0 aliphatic heterocycles. The number of aldehydes is 1. The highest BCUT2D eigenvalue weighted by atomic mass is 16.1. The summed E-state index contributed by atoms with van der Waals surface area (Å²) in [4.78, 5) is 9.50. The maximum atomic E-state index is 9.50. The molecule has 0 fully saturated rings. The molecule has 0 rings (SSSR count). The monoisotopic (exact) mass is 113 g/mol. The Morgan fingerprint density at radius 3 is 1.75 bits per heavy atom. The van der Waals surface area contributed by atoms with Gasteiger partial charge in [0.25, 0.3) is 0 Å². The SMILES string of the molecule is CC#N.CC(C)C=O. The lowest BCUT2D eigenvalue weighted by atomic mass is 10.3. The first-order valence-electron chi connectivity index (χ1n) is 2.45. The Kier molecular flexibility index (Phi) is 12.1. The average Bonchev–Trinajstić information content (AvgIpc) is 1.69. The second kappa shape index (κ2) is 9.48. The average molecular weight is 113 g/mol. The molecule has 2 heteroatoms. The van der Waals surface area contributed by atoms with Crippen molar-refractivity contribution in [2.24, 2.45) is 5.92 Å². The van der Waals surface area contributed by atoms with Crippen LogP contribution < -0.4 is 0 Å². The molecule has 0 atom stereocenters. The van der Waals surface area contributed by atoms with E-state index in [1.165, 1.54) is 6.92 Å². The van der Waals surface area contributed by atoms with E-state index < -0.39 is 0 Å². The van der Waals surface area contributed by atoms with Gasteiger partial charge in [-0.1, -0.05) is 13.8 Å². The first kappa shape index (κ1) is 10.2. The summed E-state index contributed by atoms with van der Waals surface area (Å²) in [5.41, 5.74) is 0. The summed E-state index contributed by atoms with van der Waals surface area (Å²) in [6, 6.07) is 1.75. The Labute approximate surface area is 50.1 Å². The van der Waals surface area contributed by atoms with Crippen molar-refractivity contribution in [2.45, 2.75) is 20.8 Å². The largest absolute Gasteiger partial charge is 0.303 e. The highest BCUT2D eigenvalue weighted by Crippen LogP contribution is 1.78. The molecule has 8 heavy (non-hydrogen) atoms. The van der Waals surface area contributed by atoms with Crippen LogP contribution in [0.4, 0.5) is 0 Å². The van der Waals surface area contributed by atoms with Crippen molar-refractivity contribution in [1.29, 1.82) is 5.26 Å². The van der Waals surface area contributed by atoms with Crippen LogP contribution in [0.25, 0.3) is 0 Å². The van der Waals surface area contributed by atoms with Crippen LogP contribution in [-0.2, 0) is 4.79 Å². The van der Waals surface area contributed by atoms with Gasteiger partial charge in [0.2, 0.25) is 0 Å². The van der Waals surface area contributed by atoms with E-state index in [-0.39, 0.29) is 5.92 Å². The molecule has 0 saturated heterocycles. The van der Waals surface area contributed by atoms with Crippen molar-refractivity contribution in [3.8, 4) is 6.07 Å². The second-order valence-electron chi connectivity index (χ2n) is 1.60. The predicted molar refractivity (Wildman–Crippen MR) is 32.2 cm³/mol. The molecule has 0 aromatic heterocycles. The van der Waals surface area contributed by atoms with E-state index in [4.69, 9.17) is 5.26 Å². The molecule has 0 spiro atoms. The Morgan fingerprint density at radius 1 is 1.62 bits per heavy atom. The zero-order valence-corrected chi connectivity index (χ0v) is 5.51. The van der Waals surface area contributed by atoms with E-state index in [0.717, 1.165) is 6.29 Å². The van der Waals surface area contributed by atoms with Gasteiger partial charge in [0.15, 0.2) is 0 Å². The molecule has 0 radical (unpaired) electrons. The third-order valence-corrected chi connectivity index (χ3v) is 0.272. The van der Waals surface area contributed by atoms with Gasteiger partial charge in [0, 0.05) is 12.8 Å². The van der Waals surface area contributed by atoms with Crippen LogP contribution in [-0.4, -0.2) is 6.29 Å². The lowest BCUT2D eigenvalue weighted by Gasteiger charge is -1.78. The minimum Gasteiger partial charge on any atom is -0.303 e. The van der Waals surface area contributed by atoms with E-state index in [0.29, 0.717) is 0 Å². The van der Waals surface area contributed by atoms with Gasteiger partial charge in [0.05, 0.1) is 6.07 Å². The van der Waals surface area contributed by atoms with Crippen molar-refractivity contribution < 1.29 is 4.79 Å². The summed E-state index contributed by atoms with van der Waals surface area (Å²) in [6.45, 7) is 5.14. The van der Waals surface area contributed by atoms with Crippen molar-refractivity contribution in [2.75, 3.05) is 0 Å². The van der Waals surface area contributed by atoms with Crippen molar-refractivity contribution in [3.63, 3.8) is 0 Å². The van der Waals surface area contributed by atoms with Crippen molar-refractivity contribution >= 4 is 6.29 Å². The molecule has 0 unspecified atom stereocenters. The van der Waals surface area contributed by atoms with Crippen LogP contribution in [0, 0.1) is 17.2 Å². The highest BCUT2D eigenvalue weighted by Gasteiger charge is 1.79. The zero-order chi connectivity index (χ0) is 6.99. The number of nitrogens with zero attached hydrogens (tertiary/aromatic N) is 1. The fourth-order valence-corrected chi connectivity index (χ4v) is 0. The van der Waals surface area contributed by atoms with Crippen LogP contribution in [0.2, 0.25) is 0 Å². The first-order valence-corrected chi connectivity index (χ1v) is 2.45. The summed E-state index contributed by atoms with van der Waals surface area (Å²) < 4.78 is 0. The zero-order valence-electron chi connectivity index (χ0n) is 5.51. The van der Waals surface area contributed by atoms with Crippen LogP contribution in [0.5, 0.6) is 0 Å². The van der Waals surface area contributed by atoms with Crippen molar-refractivity contribution in [3.05, 3.63) is 0 Å². The van der Waals surface area contributed by atoms with E-state index >= 15 is 0 Å². The van der Waals surface area contributed by atoms with Gasteiger partial charge in [-0.05, 0) is 0 Å². The lowest BCUT2D eigenvalue weighted by molar-refractivity contribution is -0.110. The third-order valence-electron chi connectivity index (χ3n) is 0.272. The molecule has 0 aromatic rings. The fraction of sp³-hybridized carbons (Fsp3) is 0.667. The first-order chi connectivity index (χ1) is 3.68. The molecule has 0 amide bonds. The Morgan fingerprint density at radius 2 is 1.75 bits per heavy atom. The lowest BCUT2D eigenvalue weighted by Crippen LogP contribution is -1.82. The van der Waals surface area contributed by atoms with Gasteiger partial charge in [-0.15, -0.1) is 0 Å². The maximum Gasteiger partial charge on any atom is 0.122 e. The molecule has 0 heterocycles. The number of nitriles is 1. The quantitative estimate of drug-likeness (QED) is 0.482. The van der Waals surface area contributed by atoms with Gasteiger partial charge in [0.1, 0.15) is 6.29 Å². The van der Waals surface area contributed by atoms with Gasteiger partial charge in [-0.2, -0.15) is 5.26 Å². The van der Waals surface area contributed by atoms with Gasteiger partial charge in [-0.25, -0.2) is 0 Å². The van der Waals surface area contributed by atoms with Crippen LogP contribution in [0.3, 0.4) is 0 Å². The molecule has 0 aliphatic carbocycles. The summed E-state index contributed by atoms with van der Waals surface area (Å²) in [5, 5.41) is 7.32. The number of hydrogen-bond donors (Lipinski definition) is 0. The van der Waals surface area contributed by atoms with E-state index in [9.17, 15) is 4.79 Å². The normalized spacial score (nSPS) is 6.38. The topological polar surface area (TPSA) is 40.9 Å². The Bertz CT molecular complexity index is 81.0. The van der Waals surface area contributed by atoms with Gasteiger partial charge in [-0.3, -0.25) is 0 Å². The van der Waals surface area contributed by atoms with E-state index in [1.54, 1.807) is 6.07 Å². The Balaban J connectivity index is 0. The molecule has 0 bridgehead atoms. The van der Waals surface area contributed by atoms with Crippen LogP contribution in [0.15, 0.2) is 0 Å². The minimum absolute atomic E-state index is 0.204.